The second-order valence-electron chi connectivity index (χ2n) is 4.52. The van der Waals surface area contributed by atoms with Crippen LogP contribution in [0.5, 0.6) is 5.75 Å². The summed E-state index contributed by atoms with van der Waals surface area (Å²) >= 11 is 0. The molecule has 1 unspecified atom stereocenters. The monoisotopic (exact) mass is 310 g/mol. The molecule has 0 amide bonds. The molecule has 0 fully saturated rings. The highest BCUT2D eigenvalue weighted by Gasteiger charge is 2.17. The van der Waals surface area contributed by atoms with E-state index >= 15 is 0 Å². The molecular formula is C13H18N4O3S. The number of sulfonamides is 1. The number of anilines is 1. The number of hydrogen-bond acceptors (Lipinski definition) is 5. The average molecular weight is 310 g/mol. The Morgan fingerprint density at radius 1 is 1.43 bits per heavy atom. The van der Waals surface area contributed by atoms with E-state index < -0.39 is 16.1 Å². The van der Waals surface area contributed by atoms with Gasteiger partial charge in [-0.2, -0.15) is 0 Å². The summed E-state index contributed by atoms with van der Waals surface area (Å²) in [5.74, 6) is 0.880. The summed E-state index contributed by atoms with van der Waals surface area (Å²) < 4.78 is 31.8. The SMILES string of the molecule is CC(NS(=O)(=O)CCOc1ccccc1N)c1ncc[nH]1. The van der Waals surface area contributed by atoms with Gasteiger partial charge >= 0.3 is 0 Å². The fourth-order valence-corrected chi connectivity index (χ4v) is 2.84. The molecule has 0 aliphatic heterocycles. The Morgan fingerprint density at radius 2 is 2.19 bits per heavy atom. The van der Waals surface area contributed by atoms with Crippen LogP contribution in [0.3, 0.4) is 0 Å². The number of nitrogens with two attached hydrogens (primary N) is 1. The van der Waals surface area contributed by atoms with Crippen LogP contribution in [0.15, 0.2) is 36.7 Å². The van der Waals surface area contributed by atoms with Gasteiger partial charge in [-0.3, -0.25) is 0 Å². The summed E-state index contributed by atoms with van der Waals surface area (Å²) in [7, 11) is -3.47. The van der Waals surface area contributed by atoms with Gasteiger partial charge in [0.1, 0.15) is 18.2 Å². The Bertz CT molecular complexity index is 670. The van der Waals surface area contributed by atoms with Crippen molar-refractivity contribution in [1.82, 2.24) is 14.7 Å². The largest absolute Gasteiger partial charge is 0.490 e. The molecule has 0 spiro atoms. The lowest BCUT2D eigenvalue weighted by atomic mass is 10.3. The van der Waals surface area contributed by atoms with Crippen LogP contribution in [0, 0.1) is 0 Å². The maximum absolute atomic E-state index is 11.9. The summed E-state index contributed by atoms with van der Waals surface area (Å²) in [4.78, 5) is 6.87. The molecule has 114 valence electrons. The van der Waals surface area contributed by atoms with Gasteiger partial charge in [0.15, 0.2) is 0 Å². The Kier molecular flexibility index (Phi) is 4.81. The minimum atomic E-state index is -3.47. The molecule has 0 aliphatic rings. The molecule has 8 heteroatoms. The normalized spacial score (nSPS) is 13.0. The van der Waals surface area contributed by atoms with Crippen LogP contribution in [0.2, 0.25) is 0 Å². The number of nitrogens with one attached hydrogen (secondary N) is 2. The van der Waals surface area contributed by atoms with Crippen molar-refractivity contribution in [3.05, 3.63) is 42.5 Å². The molecule has 0 saturated carbocycles. The quantitative estimate of drug-likeness (QED) is 0.662. The summed E-state index contributed by atoms with van der Waals surface area (Å²) in [5, 5.41) is 0. The lowest BCUT2D eigenvalue weighted by Gasteiger charge is -2.13. The van der Waals surface area contributed by atoms with Crippen molar-refractivity contribution in [3.63, 3.8) is 0 Å². The third-order valence-electron chi connectivity index (χ3n) is 2.81. The van der Waals surface area contributed by atoms with Crippen molar-refractivity contribution >= 4 is 15.7 Å². The smallest absolute Gasteiger partial charge is 0.215 e. The number of rotatable bonds is 7. The van der Waals surface area contributed by atoms with Crippen LogP contribution in [-0.2, 0) is 10.0 Å². The van der Waals surface area contributed by atoms with Crippen LogP contribution in [0.4, 0.5) is 5.69 Å². The zero-order valence-electron chi connectivity index (χ0n) is 11.6. The van der Waals surface area contributed by atoms with Gasteiger partial charge in [-0.25, -0.2) is 18.1 Å². The van der Waals surface area contributed by atoms with E-state index in [4.69, 9.17) is 10.5 Å². The van der Waals surface area contributed by atoms with E-state index in [1.165, 1.54) is 0 Å². The zero-order chi connectivity index (χ0) is 15.3. The molecule has 1 aromatic heterocycles. The van der Waals surface area contributed by atoms with E-state index in [0.29, 0.717) is 17.3 Å². The lowest BCUT2D eigenvalue weighted by molar-refractivity contribution is 0.342. The number of aromatic amines is 1. The minimum absolute atomic E-state index is 0.0222. The number of para-hydroxylation sites is 2. The van der Waals surface area contributed by atoms with E-state index in [2.05, 4.69) is 14.7 Å². The van der Waals surface area contributed by atoms with Gasteiger partial charge in [-0.05, 0) is 19.1 Å². The van der Waals surface area contributed by atoms with Crippen LogP contribution >= 0.6 is 0 Å². The fourth-order valence-electron chi connectivity index (χ4n) is 1.77. The molecular weight excluding hydrogens is 292 g/mol. The Morgan fingerprint density at radius 3 is 2.86 bits per heavy atom. The van der Waals surface area contributed by atoms with Crippen LogP contribution in [0.1, 0.15) is 18.8 Å². The topological polar surface area (TPSA) is 110 Å². The molecule has 1 atom stereocenters. The first-order chi connectivity index (χ1) is 9.98. The van der Waals surface area contributed by atoms with Gasteiger partial charge in [0.25, 0.3) is 0 Å². The standard InChI is InChI=1S/C13H18N4O3S/c1-10(13-15-6-7-16-13)17-21(18,19)9-8-20-12-5-3-2-4-11(12)14/h2-7,10,17H,8-9,14H2,1H3,(H,15,16). The predicted molar refractivity (Wildman–Crippen MR) is 80.3 cm³/mol. The Balaban J connectivity index is 1.86. The van der Waals surface area contributed by atoms with E-state index in [1.807, 2.05) is 0 Å². The molecule has 0 aliphatic carbocycles. The number of nitrogen functional groups attached to an aromatic ring is 1. The maximum Gasteiger partial charge on any atom is 0.215 e. The number of hydrogen-bond donors (Lipinski definition) is 3. The van der Waals surface area contributed by atoms with E-state index in [9.17, 15) is 8.42 Å². The molecule has 0 radical (unpaired) electrons. The van der Waals surface area contributed by atoms with E-state index in [1.54, 1.807) is 43.6 Å². The summed E-state index contributed by atoms with van der Waals surface area (Å²) in [6.45, 7) is 1.74. The lowest BCUT2D eigenvalue weighted by Crippen LogP contribution is -2.31. The zero-order valence-corrected chi connectivity index (χ0v) is 12.4. The molecule has 4 N–H and O–H groups in total. The highest BCUT2D eigenvalue weighted by Crippen LogP contribution is 2.19. The molecule has 21 heavy (non-hydrogen) atoms. The second kappa shape index (κ2) is 6.59. The first-order valence-electron chi connectivity index (χ1n) is 6.44. The number of nitrogens with zero attached hydrogens (tertiary/aromatic N) is 1. The van der Waals surface area contributed by atoms with Crippen LogP contribution in [-0.4, -0.2) is 30.7 Å². The third kappa shape index (κ3) is 4.47. The van der Waals surface area contributed by atoms with Gasteiger partial charge in [-0.1, -0.05) is 12.1 Å². The summed E-state index contributed by atoms with van der Waals surface area (Å²) in [5.41, 5.74) is 6.19. The van der Waals surface area contributed by atoms with Gasteiger partial charge in [0.2, 0.25) is 10.0 Å². The average Bonchev–Trinajstić information content (AvgIpc) is 2.94. The molecule has 1 aromatic carbocycles. The molecule has 2 aromatic rings. The highest BCUT2D eigenvalue weighted by atomic mass is 32.2. The first-order valence-corrected chi connectivity index (χ1v) is 8.10. The summed E-state index contributed by atoms with van der Waals surface area (Å²) in [6.07, 6.45) is 3.21. The molecule has 7 nitrogen and oxygen atoms in total. The maximum atomic E-state index is 11.9. The van der Waals surface area contributed by atoms with Crippen molar-refractivity contribution in [2.75, 3.05) is 18.1 Å². The van der Waals surface area contributed by atoms with Crippen LogP contribution in [0.25, 0.3) is 0 Å². The molecule has 0 bridgehead atoms. The number of aromatic nitrogens is 2. The van der Waals surface area contributed by atoms with Crippen molar-refractivity contribution in [1.29, 1.82) is 0 Å². The third-order valence-corrected chi connectivity index (χ3v) is 4.23. The van der Waals surface area contributed by atoms with Gasteiger partial charge in [0, 0.05) is 12.4 Å². The van der Waals surface area contributed by atoms with Gasteiger partial charge in [-0.15, -0.1) is 0 Å². The number of benzene rings is 1. The van der Waals surface area contributed by atoms with Crippen molar-refractivity contribution in [2.24, 2.45) is 0 Å². The molecule has 1 heterocycles. The fraction of sp³-hybridized carbons (Fsp3) is 0.308. The Hall–Kier alpha value is -2.06. The number of ether oxygens (including phenoxy) is 1. The van der Waals surface area contributed by atoms with E-state index in [-0.39, 0.29) is 12.4 Å². The van der Waals surface area contributed by atoms with Gasteiger partial charge in [0.05, 0.1) is 17.5 Å². The highest BCUT2D eigenvalue weighted by molar-refractivity contribution is 7.89. The first kappa shape index (κ1) is 15.3. The van der Waals surface area contributed by atoms with Crippen molar-refractivity contribution in [2.45, 2.75) is 13.0 Å². The molecule has 2 rings (SSSR count). The minimum Gasteiger partial charge on any atom is -0.490 e. The second-order valence-corrected chi connectivity index (χ2v) is 6.39. The van der Waals surface area contributed by atoms with E-state index in [0.717, 1.165) is 0 Å². The van der Waals surface area contributed by atoms with Crippen molar-refractivity contribution in [3.8, 4) is 5.75 Å². The van der Waals surface area contributed by atoms with Crippen LogP contribution < -0.4 is 15.2 Å². The number of imidazole rings is 1. The number of H-pyrrole nitrogens is 1. The summed E-state index contributed by atoms with van der Waals surface area (Å²) in [6, 6.07) is 6.53. The molecule has 0 saturated heterocycles. The van der Waals surface area contributed by atoms with Crippen molar-refractivity contribution < 1.29 is 13.2 Å². The van der Waals surface area contributed by atoms with Gasteiger partial charge < -0.3 is 15.5 Å². The Labute approximate surface area is 123 Å². The predicted octanol–water partition coefficient (Wildman–Crippen LogP) is 1.05.